The van der Waals surface area contributed by atoms with Gasteiger partial charge in [0, 0.05) is 17.4 Å². The van der Waals surface area contributed by atoms with E-state index in [9.17, 15) is 9.18 Å². The van der Waals surface area contributed by atoms with Crippen molar-refractivity contribution in [1.29, 1.82) is 0 Å². The Balaban J connectivity index is 1.58. The molecular weight excluding hydrogens is 331 g/mol. The molecule has 1 aromatic carbocycles. The average molecular weight is 348 g/mol. The third-order valence-corrected chi connectivity index (χ3v) is 4.64. The maximum atomic E-state index is 13.1. The van der Waals surface area contributed by atoms with Crippen molar-refractivity contribution in [2.24, 2.45) is 0 Å². The highest BCUT2D eigenvalue weighted by Crippen LogP contribution is 2.32. The summed E-state index contributed by atoms with van der Waals surface area (Å²) >= 11 is 0. The average Bonchev–Trinajstić information content (AvgIpc) is 3.08. The third kappa shape index (κ3) is 3.06. The lowest BCUT2D eigenvalue weighted by Gasteiger charge is -2.13. The molecule has 5 nitrogen and oxygen atoms in total. The Hall–Kier alpha value is -3.15. The van der Waals surface area contributed by atoms with Crippen LogP contribution < -0.4 is 5.32 Å². The summed E-state index contributed by atoms with van der Waals surface area (Å²) in [6, 6.07) is 9.46. The van der Waals surface area contributed by atoms with Crippen LogP contribution >= 0.6 is 0 Å². The van der Waals surface area contributed by atoms with E-state index in [4.69, 9.17) is 0 Å². The predicted molar refractivity (Wildman–Crippen MR) is 96.1 cm³/mol. The van der Waals surface area contributed by atoms with Crippen LogP contribution in [0.2, 0.25) is 0 Å². The number of amides is 1. The number of nitrogens with one attached hydrogen (secondary N) is 1. The van der Waals surface area contributed by atoms with E-state index in [1.807, 2.05) is 37.3 Å². The number of carbonyl (C=O) groups excluding carboxylic acids is 1. The first-order valence-electron chi connectivity index (χ1n) is 8.45. The Bertz CT molecular complexity index is 972. The second-order valence-electron chi connectivity index (χ2n) is 6.38. The molecule has 4 rings (SSSR count). The van der Waals surface area contributed by atoms with Crippen LogP contribution in [0.4, 0.5) is 10.1 Å². The molecule has 1 atom stereocenters. The zero-order chi connectivity index (χ0) is 18.1. The van der Waals surface area contributed by atoms with Gasteiger partial charge in [-0.3, -0.25) is 9.78 Å². The van der Waals surface area contributed by atoms with Crippen molar-refractivity contribution in [3.8, 4) is 11.4 Å². The van der Waals surface area contributed by atoms with E-state index in [0.29, 0.717) is 11.5 Å². The lowest BCUT2D eigenvalue weighted by molar-refractivity contribution is -0.117. The molecule has 26 heavy (non-hydrogen) atoms. The molecule has 3 aromatic rings. The summed E-state index contributed by atoms with van der Waals surface area (Å²) in [6.45, 7) is 1.92. The van der Waals surface area contributed by atoms with Crippen LogP contribution in [-0.2, 0) is 11.2 Å². The first kappa shape index (κ1) is 16.3. The van der Waals surface area contributed by atoms with Gasteiger partial charge in [0.25, 0.3) is 0 Å². The lowest BCUT2D eigenvalue weighted by atomic mass is 10.0. The molecule has 6 heteroatoms. The molecule has 2 aromatic heterocycles. The number of pyridine rings is 1. The largest absolute Gasteiger partial charge is 0.325 e. The zero-order valence-corrected chi connectivity index (χ0v) is 14.2. The summed E-state index contributed by atoms with van der Waals surface area (Å²) in [5.74, 6) is -0.369. The molecule has 1 aliphatic rings. The molecule has 1 N–H and O–H groups in total. The van der Waals surface area contributed by atoms with E-state index in [1.165, 1.54) is 0 Å². The number of halogens is 1. The molecule has 0 aliphatic heterocycles. The highest BCUT2D eigenvalue weighted by atomic mass is 19.1. The topological polar surface area (TPSA) is 67.8 Å². The van der Waals surface area contributed by atoms with Gasteiger partial charge in [-0.2, -0.15) is 0 Å². The van der Waals surface area contributed by atoms with Crippen molar-refractivity contribution in [1.82, 2.24) is 15.0 Å². The number of aromatic nitrogens is 3. The molecule has 0 spiro atoms. The standard InChI is InChI=1S/C20H17FN4O/c1-12-4-6-15(9-17(12)19-23-10-14(21)11-24-19)25-20(26)16-7-5-13-3-2-8-22-18(13)16/h2-4,6,8-11,16H,5,7H2,1H3,(H,25,26)/t16-/m0/s1. The van der Waals surface area contributed by atoms with Gasteiger partial charge in [-0.15, -0.1) is 0 Å². The summed E-state index contributed by atoms with van der Waals surface area (Å²) in [4.78, 5) is 25.2. The number of anilines is 1. The molecule has 130 valence electrons. The summed E-state index contributed by atoms with van der Waals surface area (Å²) in [5, 5.41) is 2.96. The Morgan fingerprint density at radius 3 is 2.81 bits per heavy atom. The van der Waals surface area contributed by atoms with E-state index < -0.39 is 5.82 Å². The molecule has 1 aliphatic carbocycles. The van der Waals surface area contributed by atoms with Gasteiger partial charge < -0.3 is 5.32 Å². The van der Waals surface area contributed by atoms with E-state index >= 15 is 0 Å². The molecule has 0 saturated carbocycles. The van der Waals surface area contributed by atoms with Crippen molar-refractivity contribution in [3.05, 3.63) is 71.6 Å². The summed E-state index contributed by atoms with van der Waals surface area (Å²) in [6.07, 6.45) is 5.62. The van der Waals surface area contributed by atoms with Crippen LogP contribution in [0, 0.1) is 12.7 Å². The fourth-order valence-electron chi connectivity index (χ4n) is 3.29. The fourth-order valence-corrected chi connectivity index (χ4v) is 3.29. The SMILES string of the molecule is Cc1ccc(NC(=O)[C@H]2CCc3cccnc32)cc1-c1ncc(F)cn1. The van der Waals surface area contributed by atoms with Crippen LogP contribution in [0.25, 0.3) is 11.4 Å². The normalized spacial score (nSPS) is 15.5. The molecule has 1 amide bonds. The van der Waals surface area contributed by atoms with Gasteiger partial charge in [-0.25, -0.2) is 14.4 Å². The van der Waals surface area contributed by atoms with Crippen molar-refractivity contribution in [3.63, 3.8) is 0 Å². The molecule has 0 bridgehead atoms. The summed E-state index contributed by atoms with van der Waals surface area (Å²) < 4.78 is 13.1. The van der Waals surface area contributed by atoms with Gasteiger partial charge in [0.2, 0.25) is 5.91 Å². The quantitative estimate of drug-likeness (QED) is 0.784. The lowest BCUT2D eigenvalue weighted by Crippen LogP contribution is -2.20. The Labute approximate surface area is 150 Å². The van der Waals surface area contributed by atoms with Crippen molar-refractivity contribution in [2.75, 3.05) is 5.32 Å². The van der Waals surface area contributed by atoms with Crippen molar-refractivity contribution < 1.29 is 9.18 Å². The number of rotatable bonds is 3. The van der Waals surface area contributed by atoms with Gasteiger partial charge in [-0.05, 0) is 49.1 Å². The molecule has 2 heterocycles. The molecule has 0 saturated heterocycles. The Kier molecular flexibility index (Phi) is 4.16. The number of carbonyl (C=O) groups is 1. The first-order chi connectivity index (χ1) is 12.6. The van der Waals surface area contributed by atoms with Gasteiger partial charge in [0.1, 0.15) is 0 Å². The van der Waals surface area contributed by atoms with Gasteiger partial charge in [-0.1, -0.05) is 12.1 Å². The minimum absolute atomic E-state index is 0.0720. The smallest absolute Gasteiger partial charge is 0.233 e. The summed E-state index contributed by atoms with van der Waals surface area (Å²) in [7, 11) is 0. The summed E-state index contributed by atoms with van der Waals surface area (Å²) in [5.41, 5.74) is 4.36. The minimum atomic E-state index is -0.483. The highest BCUT2D eigenvalue weighted by molar-refractivity contribution is 5.96. The molecule has 0 fully saturated rings. The second kappa shape index (κ2) is 6.63. The first-order valence-corrected chi connectivity index (χ1v) is 8.45. The van der Waals surface area contributed by atoms with Crippen molar-refractivity contribution in [2.45, 2.75) is 25.7 Å². The fraction of sp³-hybridized carbons (Fsp3) is 0.200. The van der Waals surface area contributed by atoms with Gasteiger partial charge in [0.05, 0.1) is 24.0 Å². The van der Waals surface area contributed by atoms with Crippen molar-refractivity contribution >= 4 is 11.6 Å². The van der Waals surface area contributed by atoms with Crippen LogP contribution in [0.3, 0.4) is 0 Å². The van der Waals surface area contributed by atoms with Crippen LogP contribution in [0.15, 0.2) is 48.9 Å². The highest BCUT2D eigenvalue weighted by Gasteiger charge is 2.29. The number of benzene rings is 1. The van der Waals surface area contributed by atoms with E-state index in [1.54, 1.807) is 6.20 Å². The van der Waals surface area contributed by atoms with Crippen LogP contribution in [0.5, 0.6) is 0 Å². The second-order valence-corrected chi connectivity index (χ2v) is 6.38. The number of nitrogens with zero attached hydrogens (tertiary/aromatic N) is 3. The number of fused-ring (bicyclic) bond motifs is 1. The number of hydrogen-bond acceptors (Lipinski definition) is 4. The van der Waals surface area contributed by atoms with Gasteiger partial charge >= 0.3 is 0 Å². The third-order valence-electron chi connectivity index (χ3n) is 4.64. The van der Waals surface area contributed by atoms with E-state index in [-0.39, 0.29) is 11.8 Å². The van der Waals surface area contributed by atoms with Gasteiger partial charge in [0.15, 0.2) is 11.6 Å². The Morgan fingerprint density at radius 1 is 1.19 bits per heavy atom. The van der Waals surface area contributed by atoms with E-state index in [0.717, 1.165) is 47.6 Å². The maximum absolute atomic E-state index is 13.1. The molecule has 0 unspecified atom stereocenters. The zero-order valence-electron chi connectivity index (χ0n) is 14.2. The number of hydrogen-bond donors (Lipinski definition) is 1. The number of aryl methyl sites for hydroxylation is 2. The van der Waals surface area contributed by atoms with Crippen LogP contribution in [0.1, 0.15) is 29.2 Å². The molecular formula is C20H17FN4O. The van der Waals surface area contributed by atoms with E-state index in [2.05, 4.69) is 20.3 Å². The monoisotopic (exact) mass is 348 g/mol. The van der Waals surface area contributed by atoms with Crippen LogP contribution in [-0.4, -0.2) is 20.9 Å². The predicted octanol–water partition coefficient (Wildman–Crippen LogP) is 3.65. The Morgan fingerprint density at radius 2 is 2.00 bits per heavy atom. The maximum Gasteiger partial charge on any atom is 0.233 e. The molecule has 0 radical (unpaired) electrons. The minimum Gasteiger partial charge on any atom is -0.325 e.